The van der Waals surface area contributed by atoms with E-state index in [1.54, 1.807) is 7.11 Å². The zero-order valence-corrected chi connectivity index (χ0v) is 15.9. The Kier molecular flexibility index (Phi) is 6.36. The maximum absolute atomic E-state index is 10.8. The lowest BCUT2D eigenvalue weighted by molar-refractivity contribution is 0.0997. The molecule has 1 aliphatic rings. The fraction of sp³-hybridized carbons (Fsp3) is 0.286. The number of aliphatic hydroxyl groups excluding tert-OH is 1. The van der Waals surface area contributed by atoms with Gasteiger partial charge in [0.1, 0.15) is 5.75 Å². The Morgan fingerprint density at radius 3 is 2.54 bits per heavy atom. The average molecular weight is 369 g/mol. The van der Waals surface area contributed by atoms with E-state index < -0.39 is 6.23 Å². The van der Waals surface area contributed by atoms with E-state index in [4.69, 9.17) is 9.73 Å². The number of hydrogen-bond donors (Lipinski definition) is 1. The molecule has 4 nitrogen and oxygen atoms in total. The van der Waals surface area contributed by atoms with Crippen LogP contribution in [0.2, 0.25) is 0 Å². The average Bonchev–Trinajstić information content (AvgIpc) is 2.96. The van der Waals surface area contributed by atoms with Crippen LogP contribution in [-0.2, 0) is 0 Å². The number of ether oxygens (including phenoxy) is 1. The minimum Gasteiger partial charge on any atom is -0.497 e. The molecule has 3 rings (SSSR count). The minimum absolute atomic E-state index is 0.656. The Bertz CT molecular complexity index is 772. The van der Waals surface area contributed by atoms with Gasteiger partial charge in [-0.05, 0) is 42.3 Å². The third-order valence-corrected chi connectivity index (χ3v) is 5.24. The van der Waals surface area contributed by atoms with Crippen molar-refractivity contribution < 1.29 is 9.84 Å². The first-order chi connectivity index (χ1) is 12.7. The zero-order chi connectivity index (χ0) is 18.4. The number of hydrogen-bond acceptors (Lipinski definition) is 4. The SMILES string of the molecule is CCCCN1/C(=N/c2ccccc2)S/C(=C\c2ccc(OC)cc2)C1O. The fourth-order valence-corrected chi connectivity index (χ4v) is 3.79. The molecule has 1 saturated heterocycles. The molecule has 2 aromatic carbocycles. The van der Waals surface area contributed by atoms with Crippen LogP contribution in [-0.4, -0.2) is 35.1 Å². The van der Waals surface area contributed by atoms with Crippen LogP contribution in [0.15, 0.2) is 64.5 Å². The van der Waals surface area contributed by atoms with E-state index in [1.165, 1.54) is 11.8 Å². The lowest BCUT2D eigenvalue weighted by Gasteiger charge is -2.21. The molecule has 0 bridgehead atoms. The summed E-state index contributed by atoms with van der Waals surface area (Å²) < 4.78 is 5.20. The largest absolute Gasteiger partial charge is 0.497 e. The summed E-state index contributed by atoms with van der Waals surface area (Å²) in [4.78, 5) is 7.62. The van der Waals surface area contributed by atoms with Gasteiger partial charge in [-0.2, -0.15) is 0 Å². The molecule has 136 valence electrons. The van der Waals surface area contributed by atoms with Gasteiger partial charge in [0.2, 0.25) is 0 Å². The van der Waals surface area contributed by atoms with Crippen molar-refractivity contribution in [2.24, 2.45) is 4.99 Å². The number of nitrogens with zero attached hydrogens (tertiary/aromatic N) is 2. The summed E-state index contributed by atoms with van der Waals surface area (Å²) >= 11 is 1.53. The summed E-state index contributed by atoms with van der Waals surface area (Å²) in [5.41, 5.74) is 1.93. The van der Waals surface area contributed by atoms with Crippen molar-refractivity contribution in [3.05, 3.63) is 65.1 Å². The number of thioether (sulfide) groups is 1. The van der Waals surface area contributed by atoms with Crippen molar-refractivity contribution in [3.63, 3.8) is 0 Å². The first-order valence-corrected chi connectivity index (χ1v) is 9.65. The van der Waals surface area contributed by atoms with E-state index in [1.807, 2.05) is 65.6 Å². The number of amidine groups is 1. The third kappa shape index (κ3) is 4.48. The van der Waals surface area contributed by atoms with Gasteiger partial charge in [-0.15, -0.1) is 0 Å². The maximum atomic E-state index is 10.8. The highest BCUT2D eigenvalue weighted by Gasteiger charge is 2.32. The van der Waals surface area contributed by atoms with Crippen LogP contribution in [0.3, 0.4) is 0 Å². The van der Waals surface area contributed by atoms with E-state index >= 15 is 0 Å². The van der Waals surface area contributed by atoms with E-state index in [-0.39, 0.29) is 0 Å². The summed E-state index contributed by atoms with van der Waals surface area (Å²) in [7, 11) is 1.65. The second kappa shape index (κ2) is 8.92. The van der Waals surface area contributed by atoms with E-state index in [2.05, 4.69) is 6.92 Å². The van der Waals surface area contributed by atoms with Gasteiger partial charge < -0.3 is 14.7 Å². The Hall–Kier alpha value is -2.24. The third-order valence-electron chi connectivity index (χ3n) is 4.16. The monoisotopic (exact) mass is 368 g/mol. The van der Waals surface area contributed by atoms with Crippen LogP contribution in [0.5, 0.6) is 5.75 Å². The zero-order valence-electron chi connectivity index (χ0n) is 15.1. The summed E-state index contributed by atoms with van der Waals surface area (Å²) in [6, 6.07) is 17.7. The number of methoxy groups -OCH3 is 1. The van der Waals surface area contributed by atoms with E-state index in [0.717, 1.165) is 46.5 Å². The number of aliphatic imine (C=N–C) groups is 1. The quantitative estimate of drug-likeness (QED) is 0.788. The van der Waals surface area contributed by atoms with Crippen LogP contribution in [0, 0.1) is 0 Å². The second-order valence-electron chi connectivity index (χ2n) is 6.07. The molecular weight excluding hydrogens is 344 g/mol. The number of rotatable bonds is 6. The summed E-state index contributed by atoms with van der Waals surface area (Å²) in [5, 5.41) is 11.7. The van der Waals surface area contributed by atoms with E-state index in [0.29, 0.717) is 0 Å². The standard InChI is InChI=1S/C21H24N2O2S/c1-3-4-14-23-20(24)19(15-16-10-12-18(25-2)13-11-16)26-21(23)22-17-8-6-5-7-9-17/h5-13,15,20,24H,3-4,14H2,1-2H3/b19-15-,22-21-. The van der Waals surface area contributed by atoms with Crippen LogP contribution in [0.25, 0.3) is 6.08 Å². The highest BCUT2D eigenvalue weighted by atomic mass is 32.2. The van der Waals surface area contributed by atoms with Crippen LogP contribution in [0.4, 0.5) is 5.69 Å². The molecule has 0 amide bonds. The number of benzene rings is 2. The molecule has 1 aliphatic heterocycles. The van der Waals surface area contributed by atoms with Crippen molar-refractivity contribution in [3.8, 4) is 5.75 Å². The van der Waals surface area contributed by atoms with Gasteiger partial charge in [0.25, 0.3) is 0 Å². The number of aliphatic hydroxyl groups is 1. The Labute approximate surface area is 159 Å². The van der Waals surface area contributed by atoms with Crippen LogP contribution < -0.4 is 4.74 Å². The molecule has 1 fully saturated rings. The molecule has 5 heteroatoms. The van der Waals surface area contributed by atoms with Crippen molar-refractivity contribution in [2.75, 3.05) is 13.7 Å². The lowest BCUT2D eigenvalue weighted by atomic mass is 10.2. The Morgan fingerprint density at radius 1 is 1.15 bits per heavy atom. The van der Waals surface area contributed by atoms with Crippen LogP contribution in [0.1, 0.15) is 25.3 Å². The highest BCUT2D eigenvalue weighted by molar-refractivity contribution is 8.17. The molecule has 0 saturated carbocycles. The van der Waals surface area contributed by atoms with E-state index in [9.17, 15) is 5.11 Å². The first kappa shape index (κ1) is 18.5. The summed E-state index contributed by atoms with van der Waals surface area (Å²) in [6.45, 7) is 2.94. The molecule has 0 radical (unpaired) electrons. The van der Waals surface area contributed by atoms with Gasteiger partial charge in [0.15, 0.2) is 11.4 Å². The molecule has 1 atom stereocenters. The van der Waals surface area contributed by atoms with Crippen molar-refractivity contribution in [1.29, 1.82) is 0 Å². The predicted molar refractivity (Wildman–Crippen MR) is 110 cm³/mol. The van der Waals surface area contributed by atoms with Crippen molar-refractivity contribution >= 4 is 28.7 Å². The van der Waals surface area contributed by atoms with Gasteiger partial charge in [-0.3, -0.25) is 0 Å². The molecule has 0 aliphatic carbocycles. The van der Waals surface area contributed by atoms with Gasteiger partial charge in [-0.25, -0.2) is 4.99 Å². The molecular formula is C21H24N2O2S. The van der Waals surface area contributed by atoms with Gasteiger partial charge in [0, 0.05) is 11.4 Å². The number of para-hydroxylation sites is 1. The van der Waals surface area contributed by atoms with Gasteiger partial charge in [-0.1, -0.05) is 55.4 Å². The van der Waals surface area contributed by atoms with Gasteiger partial charge >= 0.3 is 0 Å². The minimum atomic E-state index is -0.656. The highest BCUT2D eigenvalue weighted by Crippen LogP contribution is 2.37. The van der Waals surface area contributed by atoms with Crippen LogP contribution >= 0.6 is 11.8 Å². The topological polar surface area (TPSA) is 45.1 Å². The Balaban J connectivity index is 1.87. The first-order valence-electron chi connectivity index (χ1n) is 8.83. The summed E-state index contributed by atoms with van der Waals surface area (Å²) in [5.74, 6) is 0.822. The summed E-state index contributed by atoms with van der Waals surface area (Å²) in [6.07, 6.45) is 3.45. The molecule has 0 spiro atoms. The molecule has 0 aromatic heterocycles. The smallest absolute Gasteiger partial charge is 0.171 e. The second-order valence-corrected chi connectivity index (χ2v) is 7.11. The lowest BCUT2D eigenvalue weighted by Crippen LogP contribution is -2.33. The molecule has 2 aromatic rings. The van der Waals surface area contributed by atoms with Crippen molar-refractivity contribution in [1.82, 2.24) is 4.90 Å². The molecule has 26 heavy (non-hydrogen) atoms. The molecule has 1 heterocycles. The Morgan fingerprint density at radius 2 is 1.88 bits per heavy atom. The maximum Gasteiger partial charge on any atom is 0.171 e. The van der Waals surface area contributed by atoms with Crippen molar-refractivity contribution in [2.45, 2.75) is 26.0 Å². The van der Waals surface area contributed by atoms with Gasteiger partial charge in [0.05, 0.1) is 12.8 Å². The molecule has 1 N–H and O–H groups in total. The fourth-order valence-electron chi connectivity index (χ4n) is 2.69. The predicted octanol–water partition coefficient (Wildman–Crippen LogP) is 4.89. The molecule has 1 unspecified atom stereocenters. The normalized spacial score (nSPS) is 20.1. The number of unbranched alkanes of at least 4 members (excludes halogenated alkanes) is 1.